The Morgan fingerprint density at radius 3 is 2.17 bits per heavy atom. The average molecular weight is 673 g/mol. The minimum Gasteiger partial charge on any atom is -0.481 e. The molecule has 8 heteroatoms. The van der Waals surface area contributed by atoms with E-state index in [1.54, 1.807) is 13.0 Å². The fraction of sp³-hybridized carbons (Fsp3) is 0.775. The van der Waals surface area contributed by atoms with Gasteiger partial charge in [-0.15, -0.1) is 0 Å². The first kappa shape index (κ1) is 38.6. The second-order valence-corrected chi connectivity index (χ2v) is 15.9. The van der Waals surface area contributed by atoms with Crippen molar-refractivity contribution in [1.29, 1.82) is 0 Å². The van der Waals surface area contributed by atoms with Crippen LogP contribution in [0.1, 0.15) is 143 Å². The second-order valence-electron chi connectivity index (χ2n) is 15.9. The summed E-state index contributed by atoms with van der Waals surface area (Å²) in [6.07, 6.45) is 21.4. The monoisotopic (exact) mass is 672 g/mol. The number of hydrogen-bond acceptors (Lipinski definition) is 6. The Labute approximate surface area is 287 Å². The van der Waals surface area contributed by atoms with Crippen LogP contribution in [0.5, 0.6) is 0 Å². The van der Waals surface area contributed by atoms with E-state index >= 15 is 4.39 Å². The molecule has 0 aromatic heterocycles. The molecule has 0 saturated heterocycles. The molecule has 4 aliphatic carbocycles. The Morgan fingerprint density at radius 2 is 1.54 bits per heavy atom. The number of halogens is 1. The first-order chi connectivity index (χ1) is 22.7. The summed E-state index contributed by atoms with van der Waals surface area (Å²) in [5.41, 5.74) is -5.37. The van der Waals surface area contributed by atoms with Crippen molar-refractivity contribution in [3.63, 3.8) is 0 Å². The minimum atomic E-state index is -2.02. The maximum atomic E-state index is 17.4. The van der Waals surface area contributed by atoms with Gasteiger partial charge in [-0.25, -0.2) is 4.39 Å². The summed E-state index contributed by atoms with van der Waals surface area (Å²) in [5, 5.41) is 43.4. The number of Topliss-reactive ketones (excluding diaryl/α,β-unsaturated/α-hetero) is 1. The molecule has 0 bridgehead atoms. The van der Waals surface area contributed by atoms with Crippen LogP contribution in [0.25, 0.3) is 0 Å². The van der Waals surface area contributed by atoms with Crippen molar-refractivity contribution in [2.24, 2.45) is 28.6 Å². The molecular formula is C40H61FO7. The van der Waals surface area contributed by atoms with Gasteiger partial charge in [0.1, 0.15) is 11.7 Å². The van der Waals surface area contributed by atoms with E-state index in [0.717, 1.165) is 77.0 Å². The number of hydrogen-bond donors (Lipinski definition) is 4. The number of fused-ring (bicyclic) bond motifs is 5. The standard InChI is InChI=1S/C40H61FO7/c1-28-25-32-31-22-21-29-26-30(42)23-24-37(29,2)39(31,41)34(44)27-38(32,3)40(28,48)36(47)33(43)19-17-15-13-11-9-7-5-4-6-8-10-12-14-16-18-20-35(45)46/h4,6,23-24,26,28,31-34,43-44,48H,5,7-22,25,27H2,1-3H3,(H,45,46)/b6-4+/t28-,31-,32-,33?,34-,37-,38-,39?,40-/m0/s1. The van der Waals surface area contributed by atoms with Crippen LogP contribution >= 0.6 is 0 Å². The zero-order valence-corrected chi connectivity index (χ0v) is 29.6. The minimum absolute atomic E-state index is 0.0833. The van der Waals surface area contributed by atoms with E-state index in [1.807, 2.05) is 13.8 Å². The normalized spacial score (nSPS) is 36.4. The molecular weight excluding hydrogens is 611 g/mol. The van der Waals surface area contributed by atoms with Crippen LogP contribution in [0.15, 0.2) is 36.0 Å². The molecule has 2 unspecified atom stereocenters. The lowest BCUT2D eigenvalue weighted by Crippen LogP contribution is -2.69. The SMILES string of the molecule is C[C@H]1C[C@H]2[C@@H]3CCC4=CC(=O)C=C[C@]4(C)C3(F)[C@@H](O)C[C@]2(C)[C@@]1(O)C(=O)C(O)CCCCCCCC/C=C/CCCCCCCC(=O)O. The molecule has 4 N–H and O–H groups in total. The van der Waals surface area contributed by atoms with Crippen LogP contribution < -0.4 is 0 Å². The summed E-state index contributed by atoms with van der Waals surface area (Å²) in [6.45, 7) is 5.39. The summed E-state index contributed by atoms with van der Waals surface area (Å²) < 4.78 is 17.4. The van der Waals surface area contributed by atoms with Gasteiger partial charge in [0.25, 0.3) is 0 Å². The topological polar surface area (TPSA) is 132 Å². The third kappa shape index (κ3) is 7.46. The number of allylic oxidation sites excluding steroid dienone is 6. The Kier molecular flexibility index (Phi) is 13.1. The number of aliphatic hydroxyl groups excluding tert-OH is 2. The van der Waals surface area contributed by atoms with Crippen LogP contribution in [-0.2, 0) is 14.4 Å². The van der Waals surface area contributed by atoms with Gasteiger partial charge in [0.05, 0.1) is 6.10 Å². The van der Waals surface area contributed by atoms with Crippen molar-refractivity contribution in [3.8, 4) is 0 Å². The Bertz CT molecular complexity index is 1240. The zero-order valence-electron chi connectivity index (χ0n) is 29.6. The number of carboxylic acid groups (broad SMARTS) is 1. The smallest absolute Gasteiger partial charge is 0.303 e. The molecule has 0 spiro atoms. The molecule has 4 aliphatic rings. The number of ketones is 2. The van der Waals surface area contributed by atoms with Crippen molar-refractivity contribution in [1.82, 2.24) is 0 Å². The third-order valence-electron chi connectivity index (χ3n) is 12.9. The summed E-state index contributed by atoms with van der Waals surface area (Å²) in [4.78, 5) is 36.5. The fourth-order valence-electron chi connectivity index (χ4n) is 10.1. The molecule has 7 nitrogen and oxygen atoms in total. The first-order valence-electron chi connectivity index (χ1n) is 18.9. The Hall–Kier alpha value is -2.16. The van der Waals surface area contributed by atoms with E-state index in [2.05, 4.69) is 12.2 Å². The van der Waals surface area contributed by atoms with Gasteiger partial charge >= 0.3 is 5.97 Å². The van der Waals surface area contributed by atoms with Gasteiger partial charge < -0.3 is 20.4 Å². The van der Waals surface area contributed by atoms with Gasteiger partial charge in [0, 0.05) is 23.2 Å². The number of alkyl halides is 1. The Balaban J connectivity index is 1.19. The molecule has 0 aliphatic heterocycles. The van der Waals surface area contributed by atoms with E-state index in [4.69, 9.17) is 5.11 Å². The predicted octanol–water partition coefficient (Wildman–Crippen LogP) is 7.76. The van der Waals surface area contributed by atoms with Crippen LogP contribution in [0, 0.1) is 28.6 Å². The maximum Gasteiger partial charge on any atom is 0.303 e. The van der Waals surface area contributed by atoms with Gasteiger partial charge in [-0.2, -0.15) is 0 Å². The van der Waals surface area contributed by atoms with Crippen LogP contribution in [0.4, 0.5) is 4.39 Å². The zero-order chi connectivity index (χ0) is 35.2. The number of carbonyl (C=O) groups excluding carboxylic acids is 2. The largest absolute Gasteiger partial charge is 0.481 e. The van der Waals surface area contributed by atoms with E-state index in [-0.39, 0.29) is 31.0 Å². The lowest BCUT2D eigenvalue weighted by Gasteiger charge is -2.62. The Morgan fingerprint density at radius 1 is 0.958 bits per heavy atom. The molecule has 4 rings (SSSR count). The molecule has 0 amide bonds. The highest BCUT2D eigenvalue weighted by Crippen LogP contribution is 2.70. The lowest BCUT2D eigenvalue weighted by molar-refractivity contribution is -0.221. The lowest BCUT2D eigenvalue weighted by atomic mass is 9.44. The van der Waals surface area contributed by atoms with Gasteiger partial charge in [-0.05, 0) is 95.1 Å². The van der Waals surface area contributed by atoms with E-state index in [1.165, 1.54) is 12.2 Å². The molecule has 0 aromatic carbocycles. The van der Waals surface area contributed by atoms with Crippen molar-refractivity contribution in [3.05, 3.63) is 36.0 Å². The second kappa shape index (κ2) is 16.2. The van der Waals surface area contributed by atoms with Crippen LogP contribution in [0.2, 0.25) is 0 Å². The number of aliphatic carboxylic acids is 1. The highest BCUT2D eigenvalue weighted by atomic mass is 19.1. The summed E-state index contributed by atoms with van der Waals surface area (Å²) in [5.74, 6) is -2.88. The molecule has 3 saturated carbocycles. The van der Waals surface area contributed by atoms with Crippen LogP contribution in [0.3, 0.4) is 0 Å². The van der Waals surface area contributed by atoms with E-state index < -0.39 is 57.9 Å². The molecule has 270 valence electrons. The highest BCUT2D eigenvalue weighted by molar-refractivity contribution is 6.01. The molecule has 48 heavy (non-hydrogen) atoms. The quantitative estimate of drug-likeness (QED) is 0.0815. The fourth-order valence-corrected chi connectivity index (χ4v) is 10.1. The number of carbonyl (C=O) groups is 3. The van der Waals surface area contributed by atoms with E-state index in [0.29, 0.717) is 31.3 Å². The van der Waals surface area contributed by atoms with Crippen molar-refractivity contribution in [2.45, 2.75) is 166 Å². The van der Waals surface area contributed by atoms with Gasteiger partial charge in [0.15, 0.2) is 17.2 Å². The van der Waals surface area contributed by atoms with Crippen molar-refractivity contribution in [2.75, 3.05) is 0 Å². The van der Waals surface area contributed by atoms with Crippen LogP contribution in [-0.4, -0.2) is 61.4 Å². The van der Waals surface area contributed by atoms with Gasteiger partial charge in [0.2, 0.25) is 0 Å². The number of unbranched alkanes of at least 4 members (excludes halogenated alkanes) is 11. The van der Waals surface area contributed by atoms with Gasteiger partial charge in [-0.1, -0.05) is 89.0 Å². The number of aliphatic hydroxyl groups is 3. The predicted molar refractivity (Wildman–Crippen MR) is 185 cm³/mol. The average Bonchev–Trinajstić information content (AvgIpc) is 3.24. The molecule has 3 fully saturated rings. The molecule has 0 aromatic rings. The summed E-state index contributed by atoms with van der Waals surface area (Å²) >= 11 is 0. The number of rotatable bonds is 19. The molecule has 0 heterocycles. The van der Waals surface area contributed by atoms with Crippen molar-refractivity contribution >= 4 is 17.5 Å². The molecule has 9 atom stereocenters. The summed E-state index contributed by atoms with van der Waals surface area (Å²) in [6, 6.07) is 0. The number of carboxylic acids is 1. The van der Waals surface area contributed by atoms with Crippen molar-refractivity contribution < 1.29 is 39.2 Å². The molecule has 0 radical (unpaired) electrons. The maximum absolute atomic E-state index is 17.4. The van der Waals surface area contributed by atoms with E-state index in [9.17, 15) is 29.7 Å². The third-order valence-corrected chi connectivity index (χ3v) is 12.9. The van der Waals surface area contributed by atoms with Gasteiger partial charge in [-0.3, -0.25) is 14.4 Å². The first-order valence-corrected chi connectivity index (χ1v) is 18.9. The highest BCUT2D eigenvalue weighted by Gasteiger charge is 2.75. The summed E-state index contributed by atoms with van der Waals surface area (Å²) in [7, 11) is 0.